The Kier molecular flexibility index (Phi) is 13.2. The molecular weight excluding hydrogens is 500 g/mol. The lowest BCUT2D eigenvalue weighted by molar-refractivity contribution is -0.150. The van der Waals surface area contributed by atoms with Gasteiger partial charge in [0.1, 0.15) is 11.9 Å². The number of aliphatic hydroxyl groups is 1. The molecule has 6 nitrogen and oxygen atoms in total. The number of Topliss-reactive ketones (excluding diaryl/α,β-unsaturated/α-hetero) is 1. The van der Waals surface area contributed by atoms with Crippen LogP contribution in [0.2, 0.25) is 0 Å². The number of rotatable bonds is 6. The van der Waals surface area contributed by atoms with Crippen LogP contribution in [0.15, 0.2) is 34.8 Å². The van der Waals surface area contributed by atoms with Gasteiger partial charge in [-0.1, -0.05) is 51.5 Å². The Morgan fingerprint density at radius 3 is 2.52 bits per heavy atom. The Hall–Kier alpha value is -2.31. The van der Waals surface area contributed by atoms with Gasteiger partial charge in [-0.15, -0.1) is 0 Å². The highest BCUT2D eigenvalue weighted by Crippen LogP contribution is 2.34. The monoisotopic (exact) mass is 554 g/mol. The van der Waals surface area contributed by atoms with Gasteiger partial charge in [0, 0.05) is 29.9 Å². The number of carbonyl (C=O) groups is 2. The van der Waals surface area contributed by atoms with Crippen molar-refractivity contribution in [3.63, 3.8) is 0 Å². The molecule has 0 spiro atoms. The molecule has 1 aliphatic heterocycles. The van der Waals surface area contributed by atoms with Crippen LogP contribution in [0.5, 0.6) is 0 Å². The van der Waals surface area contributed by atoms with Gasteiger partial charge < -0.3 is 14.7 Å². The van der Waals surface area contributed by atoms with Crippen LogP contribution in [0.25, 0.3) is 0 Å². The molecular formula is C34H54N2O4. The van der Waals surface area contributed by atoms with Crippen LogP contribution in [-0.4, -0.2) is 54.2 Å². The Bertz CT molecular complexity index is 1060. The first-order valence-corrected chi connectivity index (χ1v) is 15.1. The quantitative estimate of drug-likeness (QED) is 0.223. The minimum Gasteiger partial charge on any atom is -0.457 e. The molecule has 6 heteroatoms. The summed E-state index contributed by atoms with van der Waals surface area (Å²) in [5.41, 5.74) is 4.54. The molecule has 0 aromatic heterocycles. The summed E-state index contributed by atoms with van der Waals surface area (Å²) in [6.07, 6.45) is 6.88. The van der Waals surface area contributed by atoms with Gasteiger partial charge in [0.2, 0.25) is 0 Å². The first-order chi connectivity index (χ1) is 18.7. The maximum Gasteiger partial charge on any atom is 0.306 e. The van der Waals surface area contributed by atoms with E-state index in [2.05, 4.69) is 58.0 Å². The van der Waals surface area contributed by atoms with E-state index in [1.165, 1.54) is 5.57 Å². The van der Waals surface area contributed by atoms with E-state index < -0.39 is 23.5 Å². The second-order valence-corrected chi connectivity index (χ2v) is 13.0. The molecule has 0 fully saturated rings. The van der Waals surface area contributed by atoms with Crippen LogP contribution >= 0.6 is 0 Å². The van der Waals surface area contributed by atoms with Gasteiger partial charge in [-0.2, -0.15) is 0 Å². The van der Waals surface area contributed by atoms with E-state index in [4.69, 9.17) is 9.73 Å². The van der Waals surface area contributed by atoms with Crippen molar-refractivity contribution in [3.05, 3.63) is 41.0 Å². The van der Waals surface area contributed by atoms with Crippen LogP contribution in [0.1, 0.15) is 110 Å². The van der Waals surface area contributed by atoms with Gasteiger partial charge >= 0.3 is 5.97 Å². The molecule has 1 N–H and O–H groups in total. The van der Waals surface area contributed by atoms with Crippen molar-refractivity contribution in [1.82, 2.24) is 4.90 Å². The Balaban J connectivity index is 2.33. The van der Waals surface area contributed by atoms with Crippen molar-refractivity contribution < 1.29 is 19.4 Å². The van der Waals surface area contributed by atoms with Crippen molar-refractivity contribution in [2.24, 2.45) is 22.2 Å². The molecule has 4 atom stereocenters. The number of carbonyl (C=O) groups excluding carboxylic acids is 2. The molecule has 224 valence electrons. The second kappa shape index (κ2) is 15.6. The SMILES string of the molecule is CC(CCCN(C)C)=Nc1cc(C2C/C=C(/C)CCC[C@H](C)C(O)[C@@H](C)C(=O)C(C)(C)CCC(=O)O2)ccc1C. The predicted octanol–water partition coefficient (Wildman–Crippen LogP) is 7.54. The van der Waals surface area contributed by atoms with Crippen LogP contribution < -0.4 is 0 Å². The number of nitrogens with zero attached hydrogens (tertiary/aromatic N) is 2. The molecule has 2 rings (SSSR count). The number of aliphatic imine (C=N–C) groups is 1. The lowest BCUT2D eigenvalue weighted by Crippen LogP contribution is -2.39. The fourth-order valence-corrected chi connectivity index (χ4v) is 5.42. The zero-order valence-corrected chi connectivity index (χ0v) is 26.5. The summed E-state index contributed by atoms with van der Waals surface area (Å²) in [5.74, 6) is -0.750. The lowest BCUT2D eigenvalue weighted by atomic mass is 9.74. The number of ketones is 1. The van der Waals surface area contributed by atoms with Gasteiger partial charge in [-0.25, -0.2) is 0 Å². The highest BCUT2D eigenvalue weighted by Gasteiger charge is 2.37. The standard InChI is InChI=1S/C34H54N2O4/c1-23-12-10-13-25(3)32(38)27(5)33(39)34(6,7)20-19-31(37)40-30(18-15-23)28-17-16-24(2)29(22-28)35-26(4)14-11-21-36(8)9/h15-17,22,25,27,30,32,38H,10-14,18-21H2,1-9H3/b23-15-,35-26?/t25-,27+,30?,32?/m0/s1. The Morgan fingerprint density at radius 1 is 1.15 bits per heavy atom. The van der Waals surface area contributed by atoms with Gasteiger partial charge in [-0.3, -0.25) is 14.6 Å². The Morgan fingerprint density at radius 2 is 1.85 bits per heavy atom. The zero-order chi connectivity index (χ0) is 30.0. The van der Waals surface area contributed by atoms with Crippen molar-refractivity contribution >= 4 is 23.2 Å². The highest BCUT2D eigenvalue weighted by molar-refractivity contribution is 5.87. The average molecular weight is 555 g/mol. The number of ether oxygens (including phenoxy) is 1. The third-order valence-electron chi connectivity index (χ3n) is 8.37. The third-order valence-corrected chi connectivity index (χ3v) is 8.37. The van der Waals surface area contributed by atoms with E-state index in [0.29, 0.717) is 12.8 Å². The summed E-state index contributed by atoms with van der Waals surface area (Å²) in [6, 6.07) is 6.15. The molecule has 0 saturated carbocycles. The lowest BCUT2D eigenvalue weighted by Gasteiger charge is -2.31. The summed E-state index contributed by atoms with van der Waals surface area (Å²) in [5, 5.41) is 10.9. The van der Waals surface area contributed by atoms with Gasteiger partial charge in [0.25, 0.3) is 0 Å². The molecule has 0 amide bonds. The molecule has 1 aromatic rings. The van der Waals surface area contributed by atoms with Crippen molar-refractivity contribution in [2.75, 3.05) is 20.6 Å². The number of hydrogen-bond acceptors (Lipinski definition) is 6. The molecule has 2 unspecified atom stereocenters. The van der Waals surface area contributed by atoms with E-state index >= 15 is 0 Å². The maximum atomic E-state index is 13.3. The van der Waals surface area contributed by atoms with Gasteiger partial charge in [0.15, 0.2) is 0 Å². The summed E-state index contributed by atoms with van der Waals surface area (Å²) in [6.45, 7) is 14.8. The topological polar surface area (TPSA) is 79.2 Å². The van der Waals surface area contributed by atoms with Crippen molar-refractivity contribution in [1.29, 1.82) is 0 Å². The highest BCUT2D eigenvalue weighted by atomic mass is 16.5. The smallest absolute Gasteiger partial charge is 0.306 e. The number of esters is 1. The van der Waals surface area contributed by atoms with Crippen LogP contribution in [0.3, 0.4) is 0 Å². The largest absolute Gasteiger partial charge is 0.457 e. The van der Waals surface area contributed by atoms with Crippen LogP contribution in [0.4, 0.5) is 5.69 Å². The zero-order valence-electron chi connectivity index (χ0n) is 26.5. The fraction of sp³-hybridized carbons (Fsp3) is 0.676. The maximum absolute atomic E-state index is 13.3. The van der Waals surface area contributed by atoms with Gasteiger partial charge in [0.05, 0.1) is 11.8 Å². The summed E-state index contributed by atoms with van der Waals surface area (Å²) in [4.78, 5) is 33.5. The van der Waals surface area contributed by atoms with Crippen LogP contribution in [-0.2, 0) is 14.3 Å². The number of allylic oxidation sites excluding steroid dienone is 1. The number of aliphatic hydroxyl groups excluding tert-OH is 1. The molecule has 40 heavy (non-hydrogen) atoms. The average Bonchev–Trinajstić information content (AvgIpc) is 2.89. The predicted molar refractivity (Wildman–Crippen MR) is 165 cm³/mol. The van der Waals surface area contributed by atoms with E-state index in [-0.39, 0.29) is 24.1 Å². The first kappa shape index (κ1) is 33.9. The van der Waals surface area contributed by atoms with E-state index in [1.807, 2.05) is 33.8 Å². The molecule has 1 aromatic carbocycles. The molecule has 0 radical (unpaired) electrons. The van der Waals surface area contributed by atoms with Crippen molar-refractivity contribution in [3.8, 4) is 0 Å². The third kappa shape index (κ3) is 10.6. The molecule has 1 aliphatic rings. The Labute approximate surface area is 243 Å². The van der Waals surface area contributed by atoms with E-state index in [0.717, 1.165) is 61.2 Å². The summed E-state index contributed by atoms with van der Waals surface area (Å²) >= 11 is 0. The number of cyclic esters (lactones) is 1. The van der Waals surface area contributed by atoms with E-state index in [9.17, 15) is 14.7 Å². The molecule has 0 saturated heterocycles. The number of aryl methyl sites for hydroxylation is 1. The first-order valence-electron chi connectivity index (χ1n) is 15.1. The summed E-state index contributed by atoms with van der Waals surface area (Å²) < 4.78 is 6.07. The fourth-order valence-electron chi connectivity index (χ4n) is 5.42. The van der Waals surface area contributed by atoms with E-state index in [1.54, 1.807) is 0 Å². The molecule has 0 aliphatic carbocycles. The number of hydrogen-bond donors (Lipinski definition) is 1. The molecule has 1 heterocycles. The molecule has 0 bridgehead atoms. The minimum absolute atomic E-state index is 0.00126. The van der Waals surface area contributed by atoms with Crippen LogP contribution in [0, 0.1) is 24.2 Å². The van der Waals surface area contributed by atoms with Gasteiger partial charge in [-0.05, 0) is 103 Å². The summed E-state index contributed by atoms with van der Waals surface area (Å²) in [7, 11) is 4.16. The normalized spacial score (nSPS) is 27.3. The minimum atomic E-state index is -0.724. The number of benzene rings is 1. The second-order valence-electron chi connectivity index (χ2n) is 13.0. The van der Waals surface area contributed by atoms with Crippen molar-refractivity contribution in [2.45, 2.75) is 112 Å².